The molecule has 1 fully saturated rings. The molecule has 2 aliphatic heterocycles. The smallest absolute Gasteiger partial charge is 0.270 e. The molecule has 36 heavy (non-hydrogen) atoms. The average Bonchev–Trinajstić information content (AvgIpc) is 3.19. The number of hydrogen-bond acceptors (Lipinski definition) is 7. The number of piperazine rings is 1. The van der Waals surface area contributed by atoms with Gasteiger partial charge in [0, 0.05) is 50.5 Å². The van der Waals surface area contributed by atoms with E-state index in [0.717, 1.165) is 18.8 Å². The van der Waals surface area contributed by atoms with Crippen molar-refractivity contribution in [2.75, 3.05) is 31.1 Å². The number of hydrogen-bond donors (Lipinski definition) is 1. The van der Waals surface area contributed by atoms with Gasteiger partial charge in [-0.1, -0.05) is 12.1 Å². The van der Waals surface area contributed by atoms with Gasteiger partial charge in [0.25, 0.3) is 5.69 Å². The molecule has 8 nitrogen and oxygen atoms in total. The van der Waals surface area contributed by atoms with Crippen LogP contribution in [0.2, 0.25) is 0 Å². The van der Waals surface area contributed by atoms with Gasteiger partial charge in [0.15, 0.2) is 5.76 Å². The Kier molecular flexibility index (Phi) is 6.15. The van der Waals surface area contributed by atoms with Gasteiger partial charge in [0.2, 0.25) is 5.78 Å². The molecule has 0 aliphatic carbocycles. The van der Waals surface area contributed by atoms with E-state index in [9.17, 15) is 24.4 Å². The van der Waals surface area contributed by atoms with Crippen LogP contribution in [-0.2, 0) is 6.54 Å². The van der Waals surface area contributed by atoms with E-state index in [0.29, 0.717) is 47.6 Å². The molecule has 9 heteroatoms. The minimum atomic E-state index is -0.496. The van der Waals surface area contributed by atoms with Crippen LogP contribution in [0.15, 0.2) is 60.4 Å². The molecule has 0 unspecified atom stereocenters. The van der Waals surface area contributed by atoms with E-state index in [1.807, 2.05) is 0 Å². The zero-order valence-electron chi connectivity index (χ0n) is 19.6. The fourth-order valence-electron chi connectivity index (χ4n) is 4.65. The molecule has 3 aromatic rings. The van der Waals surface area contributed by atoms with Crippen LogP contribution in [0.4, 0.5) is 15.8 Å². The molecule has 0 saturated carbocycles. The molecular formula is C27H24FN3O5. The zero-order chi connectivity index (χ0) is 25.4. The van der Waals surface area contributed by atoms with Crippen molar-refractivity contribution in [3.05, 3.63) is 98.5 Å². The molecule has 0 aromatic heterocycles. The minimum Gasteiger partial charge on any atom is -0.507 e. The summed E-state index contributed by atoms with van der Waals surface area (Å²) in [5.41, 5.74) is 2.87. The zero-order valence-corrected chi connectivity index (χ0v) is 19.6. The number of non-ortho nitro benzene ring substituents is 1. The molecular weight excluding hydrogens is 465 g/mol. The number of nitrogens with zero attached hydrogens (tertiary/aromatic N) is 3. The Balaban J connectivity index is 1.36. The van der Waals surface area contributed by atoms with E-state index in [2.05, 4.69) is 9.80 Å². The van der Waals surface area contributed by atoms with Crippen LogP contribution in [0.3, 0.4) is 0 Å². The van der Waals surface area contributed by atoms with Crippen LogP contribution >= 0.6 is 0 Å². The van der Waals surface area contributed by atoms with Crippen molar-refractivity contribution in [1.82, 2.24) is 4.90 Å². The lowest BCUT2D eigenvalue weighted by molar-refractivity contribution is -0.384. The highest BCUT2D eigenvalue weighted by Gasteiger charge is 2.34. The first-order chi connectivity index (χ1) is 17.3. The van der Waals surface area contributed by atoms with Gasteiger partial charge in [-0.15, -0.1) is 0 Å². The van der Waals surface area contributed by atoms with E-state index in [1.54, 1.807) is 37.3 Å². The van der Waals surface area contributed by atoms with Gasteiger partial charge in [-0.3, -0.25) is 19.8 Å². The van der Waals surface area contributed by atoms with Crippen molar-refractivity contribution >= 4 is 23.2 Å². The number of nitro benzene ring substituents is 1. The average molecular weight is 490 g/mol. The van der Waals surface area contributed by atoms with Crippen molar-refractivity contribution in [3.8, 4) is 11.5 Å². The normalized spacial score (nSPS) is 16.8. The number of fused-ring (bicyclic) bond motifs is 1. The number of nitro groups is 1. The lowest BCUT2D eigenvalue weighted by atomic mass is 9.99. The Labute approximate surface area is 207 Å². The molecule has 0 bridgehead atoms. The Hall–Kier alpha value is -4.24. The number of carbonyl (C=O) groups is 1. The Morgan fingerprint density at radius 2 is 1.83 bits per heavy atom. The molecule has 0 radical (unpaired) electrons. The highest BCUT2D eigenvalue weighted by Crippen LogP contribution is 2.42. The van der Waals surface area contributed by atoms with Crippen LogP contribution in [0.25, 0.3) is 6.08 Å². The fraction of sp³-hybridized carbons (Fsp3) is 0.222. The monoisotopic (exact) mass is 489 g/mol. The summed E-state index contributed by atoms with van der Waals surface area (Å²) in [6, 6.07) is 13.9. The maximum absolute atomic E-state index is 13.2. The fourth-order valence-corrected chi connectivity index (χ4v) is 4.65. The van der Waals surface area contributed by atoms with Crippen LogP contribution in [0, 0.1) is 22.9 Å². The van der Waals surface area contributed by atoms with Gasteiger partial charge in [-0.25, -0.2) is 4.39 Å². The van der Waals surface area contributed by atoms with E-state index >= 15 is 0 Å². The third-order valence-corrected chi connectivity index (χ3v) is 6.55. The van der Waals surface area contributed by atoms with Crippen molar-refractivity contribution < 1.29 is 24.0 Å². The van der Waals surface area contributed by atoms with E-state index in [4.69, 9.17) is 4.74 Å². The predicted molar refractivity (Wildman–Crippen MR) is 133 cm³/mol. The highest BCUT2D eigenvalue weighted by molar-refractivity contribution is 6.15. The number of Topliss-reactive ketones (excluding diaryl/α,β-unsaturated/α-hetero) is 1. The number of aromatic hydroxyl groups is 1. The number of allylic oxidation sites excluding steroid dienone is 1. The largest absolute Gasteiger partial charge is 0.507 e. The second kappa shape index (κ2) is 9.43. The summed E-state index contributed by atoms with van der Waals surface area (Å²) in [6.45, 7) is 5.02. The number of carbonyl (C=O) groups excluding carboxylic acids is 1. The van der Waals surface area contributed by atoms with Gasteiger partial charge in [0.05, 0.1) is 16.1 Å². The summed E-state index contributed by atoms with van der Waals surface area (Å²) in [7, 11) is 0. The SMILES string of the molecule is Cc1cc(O)c(CN2CCN(c3ccc(F)cc3)CC2)c2c1C(=O)/C(=C/c1cccc([N+](=O)[O-])c1)O2. The third kappa shape index (κ3) is 4.52. The molecule has 2 aliphatic rings. The Morgan fingerprint density at radius 1 is 1.11 bits per heavy atom. The molecule has 184 valence electrons. The number of ketones is 1. The number of rotatable bonds is 5. The Bertz CT molecular complexity index is 1380. The maximum atomic E-state index is 13.2. The molecule has 2 heterocycles. The molecule has 1 N–H and O–H groups in total. The predicted octanol–water partition coefficient (Wildman–Crippen LogP) is 4.69. The lowest BCUT2D eigenvalue weighted by Gasteiger charge is -2.36. The van der Waals surface area contributed by atoms with Gasteiger partial charge in [0.1, 0.15) is 17.3 Å². The summed E-state index contributed by atoms with van der Waals surface area (Å²) in [4.78, 5) is 28.1. The summed E-state index contributed by atoms with van der Waals surface area (Å²) >= 11 is 0. The number of phenolic OH excluding ortho intramolecular Hbond substituents is 1. The molecule has 1 saturated heterocycles. The van der Waals surface area contributed by atoms with Crippen LogP contribution in [-0.4, -0.2) is 46.9 Å². The second-order valence-corrected chi connectivity index (χ2v) is 8.93. The minimum absolute atomic E-state index is 0.0524. The van der Waals surface area contributed by atoms with Crippen molar-refractivity contribution in [2.24, 2.45) is 0 Å². The number of phenols is 1. The molecule has 0 atom stereocenters. The molecule has 0 spiro atoms. The first-order valence-electron chi connectivity index (χ1n) is 11.6. The summed E-state index contributed by atoms with van der Waals surface area (Å²) in [5, 5.41) is 21.8. The quantitative estimate of drug-likeness (QED) is 0.316. The number of ether oxygens (including phenoxy) is 1. The lowest BCUT2D eigenvalue weighted by Crippen LogP contribution is -2.46. The molecule has 0 amide bonds. The van der Waals surface area contributed by atoms with Crippen molar-refractivity contribution in [3.63, 3.8) is 0 Å². The number of aryl methyl sites for hydroxylation is 1. The van der Waals surface area contributed by atoms with Crippen LogP contribution in [0.1, 0.15) is 27.0 Å². The molecule has 5 rings (SSSR count). The number of anilines is 1. The van der Waals surface area contributed by atoms with Gasteiger partial charge in [-0.2, -0.15) is 0 Å². The Morgan fingerprint density at radius 3 is 2.53 bits per heavy atom. The third-order valence-electron chi connectivity index (χ3n) is 6.55. The maximum Gasteiger partial charge on any atom is 0.270 e. The van der Waals surface area contributed by atoms with Gasteiger partial charge in [-0.05, 0) is 54.5 Å². The second-order valence-electron chi connectivity index (χ2n) is 8.93. The van der Waals surface area contributed by atoms with Crippen molar-refractivity contribution in [2.45, 2.75) is 13.5 Å². The topological polar surface area (TPSA) is 96.2 Å². The number of halogens is 1. The summed E-state index contributed by atoms with van der Waals surface area (Å²) in [6.07, 6.45) is 1.48. The van der Waals surface area contributed by atoms with E-state index in [-0.39, 0.29) is 28.8 Å². The summed E-state index contributed by atoms with van der Waals surface area (Å²) in [5.74, 6) is -0.153. The number of benzene rings is 3. The standard InChI is InChI=1S/C27H24FN3O5/c1-17-13-23(32)22(16-29-9-11-30(12-10-29)20-7-5-19(28)6-8-20)27-25(17)26(33)24(36-27)15-18-3-2-4-21(14-18)31(34)35/h2-8,13-15,32H,9-12,16H2,1H3/b24-15-. The van der Waals surface area contributed by atoms with Crippen LogP contribution in [0.5, 0.6) is 11.5 Å². The first kappa shape index (κ1) is 23.5. The van der Waals surface area contributed by atoms with Crippen LogP contribution < -0.4 is 9.64 Å². The highest BCUT2D eigenvalue weighted by atomic mass is 19.1. The van der Waals surface area contributed by atoms with Gasteiger partial charge >= 0.3 is 0 Å². The summed E-state index contributed by atoms with van der Waals surface area (Å²) < 4.78 is 19.2. The first-order valence-corrected chi connectivity index (χ1v) is 11.6. The van der Waals surface area contributed by atoms with Gasteiger partial charge < -0.3 is 14.7 Å². The molecule has 3 aromatic carbocycles. The van der Waals surface area contributed by atoms with E-state index in [1.165, 1.54) is 30.3 Å². The van der Waals surface area contributed by atoms with E-state index < -0.39 is 4.92 Å². The van der Waals surface area contributed by atoms with Crippen molar-refractivity contribution in [1.29, 1.82) is 0 Å².